The summed E-state index contributed by atoms with van der Waals surface area (Å²) in [5, 5.41) is -0.239. The largest absolute Gasteiger partial charge is 0.362 e. The predicted octanol–water partition coefficient (Wildman–Crippen LogP) is 0.451. The number of rotatable bonds is 6. The predicted molar refractivity (Wildman–Crippen MR) is 69.8 cm³/mol. The third-order valence-electron chi connectivity index (χ3n) is 2.24. The molecule has 0 amide bonds. The van der Waals surface area contributed by atoms with E-state index in [2.05, 4.69) is 9.17 Å². The fourth-order valence-electron chi connectivity index (χ4n) is 1.44. The molecule has 0 saturated carbocycles. The molecule has 0 unspecified atom stereocenters. The molecule has 1 rings (SSSR count). The highest BCUT2D eigenvalue weighted by molar-refractivity contribution is 7.89. The lowest BCUT2D eigenvalue weighted by Crippen LogP contribution is -2.31. The molecule has 0 N–H and O–H groups in total. The molecule has 0 radical (unpaired) electrons. The molecule has 0 fully saturated rings. The topological polar surface area (TPSA) is 93.6 Å². The first kappa shape index (κ1) is 15.9. The van der Waals surface area contributed by atoms with Gasteiger partial charge in [-0.2, -0.15) is 17.7 Å². The van der Waals surface area contributed by atoms with Crippen LogP contribution in [-0.4, -0.2) is 45.5 Å². The lowest BCUT2D eigenvalue weighted by Gasteiger charge is -2.17. The quantitative estimate of drug-likeness (QED) is 0.708. The van der Waals surface area contributed by atoms with Crippen LogP contribution in [0.25, 0.3) is 0 Å². The zero-order valence-corrected chi connectivity index (χ0v) is 12.5. The van der Waals surface area contributed by atoms with Gasteiger partial charge in [0.1, 0.15) is 0 Å². The van der Waals surface area contributed by atoms with Gasteiger partial charge in [-0.3, -0.25) is 0 Å². The molecule has 1 aromatic heterocycles. The van der Waals surface area contributed by atoms with E-state index in [1.165, 1.54) is 22.5 Å². The number of hydrogen-bond acceptors (Lipinski definition) is 6. The Kier molecular flexibility index (Phi) is 4.88. The molecule has 7 nitrogen and oxygen atoms in total. The van der Waals surface area contributed by atoms with Crippen LogP contribution in [0.2, 0.25) is 0 Å². The van der Waals surface area contributed by atoms with E-state index in [1.54, 1.807) is 13.8 Å². The highest BCUT2D eigenvalue weighted by atomic mass is 32.2. The Labute approximate surface area is 113 Å². The van der Waals surface area contributed by atoms with Gasteiger partial charge in [-0.15, -0.1) is 0 Å². The van der Waals surface area contributed by atoms with E-state index < -0.39 is 20.1 Å². The maximum atomic E-state index is 12.2. The molecule has 1 heterocycles. The van der Waals surface area contributed by atoms with Gasteiger partial charge >= 0.3 is 10.1 Å². The van der Waals surface area contributed by atoms with Gasteiger partial charge in [0.05, 0.1) is 6.26 Å². The summed E-state index contributed by atoms with van der Waals surface area (Å²) in [5.41, 5.74) is 0. The molecule has 0 aliphatic carbocycles. The molecule has 108 valence electrons. The lowest BCUT2D eigenvalue weighted by molar-refractivity contribution is 0.439. The van der Waals surface area contributed by atoms with Crippen LogP contribution in [0.1, 0.15) is 13.8 Å². The third-order valence-corrected chi connectivity index (χ3v) is 4.67. The Hall–Kier alpha value is -1.19. The van der Waals surface area contributed by atoms with Gasteiger partial charge in [0.25, 0.3) is 10.0 Å². The van der Waals surface area contributed by atoms with Crippen molar-refractivity contribution in [2.24, 2.45) is 0 Å². The maximum absolute atomic E-state index is 12.2. The summed E-state index contributed by atoms with van der Waals surface area (Å²) in [6, 6.07) is 3.95. The van der Waals surface area contributed by atoms with Crippen molar-refractivity contribution in [3.63, 3.8) is 0 Å². The molecule has 0 aliphatic heterocycles. The fourth-order valence-corrected chi connectivity index (χ4v) is 3.24. The molecule has 9 heteroatoms. The minimum atomic E-state index is -3.74. The average molecular weight is 308 g/mol. The van der Waals surface area contributed by atoms with Crippen molar-refractivity contribution in [3.05, 3.63) is 18.2 Å². The summed E-state index contributed by atoms with van der Waals surface area (Å²) in [5.74, 6) is -0.268. The molecule has 0 aromatic carbocycles. The first-order chi connectivity index (χ1) is 8.70. The Morgan fingerprint density at radius 2 is 1.74 bits per heavy atom. The minimum Gasteiger partial charge on any atom is -0.362 e. The monoisotopic (exact) mass is 308 g/mol. The van der Waals surface area contributed by atoms with Gasteiger partial charge in [-0.05, 0) is 6.07 Å². The first-order valence-corrected chi connectivity index (χ1v) is 8.83. The molecule has 0 spiro atoms. The van der Waals surface area contributed by atoms with Crippen LogP contribution in [0.15, 0.2) is 23.2 Å². The summed E-state index contributed by atoms with van der Waals surface area (Å²) in [4.78, 5) is 3.72. The summed E-state index contributed by atoms with van der Waals surface area (Å²) in [6.45, 7) is 4.02. The number of aromatic nitrogens is 1. The van der Waals surface area contributed by atoms with Gasteiger partial charge in [-0.1, -0.05) is 19.9 Å². The zero-order chi connectivity index (χ0) is 14.7. The van der Waals surface area contributed by atoms with Crippen LogP contribution in [0, 0.1) is 0 Å². The summed E-state index contributed by atoms with van der Waals surface area (Å²) in [6.07, 6.45) is 0.861. The maximum Gasteiger partial charge on any atom is 0.307 e. The van der Waals surface area contributed by atoms with Crippen LogP contribution >= 0.6 is 0 Å². The van der Waals surface area contributed by atoms with Crippen LogP contribution in [-0.2, 0) is 20.1 Å². The third kappa shape index (κ3) is 4.15. The Morgan fingerprint density at radius 1 is 1.16 bits per heavy atom. The highest BCUT2D eigenvalue weighted by Crippen LogP contribution is 2.17. The smallest absolute Gasteiger partial charge is 0.307 e. The summed E-state index contributed by atoms with van der Waals surface area (Å²) < 4.78 is 52.1. The van der Waals surface area contributed by atoms with Gasteiger partial charge in [0.2, 0.25) is 5.88 Å². The van der Waals surface area contributed by atoms with E-state index in [4.69, 9.17) is 0 Å². The highest BCUT2D eigenvalue weighted by Gasteiger charge is 2.23. The number of pyridine rings is 1. The average Bonchev–Trinajstić information content (AvgIpc) is 2.28. The number of hydrogen-bond donors (Lipinski definition) is 0. The van der Waals surface area contributed by atoms with Crippen LogP contribution in [0.4, 0.5) is 0 Å². The molecule has 0 saturated heterocycles. The molecule has 0 aliphatic rings. The van der Waals surface area contributed by atoms with Crippen LogP contribution in [0.3, 0.4) is 0 Å². The van der Waals surface area contributed by atoms with Gasteiger partial charge in [-0.25, -0.2) is 8.42 Å². The van der Waals surface area contributed by atoms with E-state index in [-0.39, 0.29) is 10.9 Å². The SMILES string of the molecule is CCN(CC)S(=O)(=O)c1cccc(OS(C)(=O)=O)n1. The molecular weight excluding hydrogens is 292 g/mol. The second-order valence-electron chi connectivity index (χ2n) is 3.69. The second kappa shape index (κ2) is 5.85. The molecular formula is C10H16N2O5S2. The van der Waals surface area contributed by atoms with Crippen molar-refractivity contribution in [1.82, 2.24) is 9.29 Å². The van der Waals surface area contributed by atoms with Crippen molar-refractivity contribution in [3.8, 4) is 5.88 Å². The Morgan fingerprint density at radius 3 is 2.21 bits per heavy atom. The van der Waals surface area contributed by atoms with Crippen LogP contribution in [0.5, 0.6) is 5.88 Å². The van der Waals surface area contributed by atoms with Crippen molar-refractivity contribution >= 4 is 20.1 Å². The lowest BCUT2D eigenvalue weighted by atomic mass is 10.5. The summed E-state index contributed by atoms with van der Waals surface area (Å²) >= 11 is 0. The van der Waals surface area contributed by atoms with E-state index in [0.717, 1.165) is 6.26 Å². The normalized spacial score (nSPS) is 12.6. The molecule has 0 atom stereocenters. The van der Waals surface area contributed by atoms with E-state index >= 15 is 0 Å². The molecule has 0 bridgehead atoms. The second-order valence-corrected chi connectivity index (χ2v) is 7.15. The molecule has 19 heavy (non-hydrogen) atoms. The Bertz CT molecular complexity index is 636. The van der Waals surface area contributed by atoms with E-state index in [9.17, 15) is 16.8 Å². The number of sulfonamides is 1. The first-order valence-electron chi connectivity index (χ1n) is 5.57. The number of nitrogens with zero attached hydrogens (tertiary/aromatic N) is 2. The van der Waals surface area contributed by atoms with Crippen molar-refractivity contribution in [1.29, 1.82) is 0 Å². The van der Waals surface area contributed by atoms with Gasteiger partial charge in [0.15, 0.2) is 5.03 Å². The fraction of sp³-hybridized carbons (Fsp3) is 0.500. The standard InChI is InChI=1S/C10H16N2O5S2/c1-4-12(5-2)19(15,16)10-8-6-7-9(11-10)17-18(3,13)14/h6-8H,4-5H2,1-3H3. The van der Waals surface area contributed by atoms with Crippen molar-refractivity contribution < 1.29 is 21.0 Å². The van der Waals surface area contributed by atoms with E-state index in [0.29, 0.717) is 13.1 Å². The van der Waals surface area contributed by atoms with Crippen molar-refractivity contribution in [2.75, 3.05) is 19.3 Å². The minimum absolute atomic E-state index is 0.239. The van der Waals surface area contributed by atoms with Crippen molar-refractivity contribution in [2.45, 2.75) is 18.9 Å². The Balaban J connectivity index is 3.19. The van der Waals surface area contributed by atoms with Crippen LogP contribution < -0.4 is 4.18 Å². The summed E-state index contributed by atoms with van der Waals surface area (Å²) in [7, 11) is -7.47. The zero-order valence-electron chi connectivity index (χ0n) is 10.9. The van der Waals surface area contributed by atoms with Gasteiger partial charge < -0.3 is 4.18 Å². The van der Waals surface area contributed by atoms with E-state index in [1.807, 2.05) is 0 Å². The van der Waals surface area contributed by atoms with Gasteiger partial charge in [0, 0.05) is 19.2 Å². The molecule has 1 aromatic rings.